The van der Waals surface area contributed by atoms with E-state index in [4.69, 9.17) is 5.11 Å². The Labute approximate surface area is 71.5 Å². The molecule has 1 rings (SSSR count). The lowest BCUT2D eigenvalue weighted by Crippen LogP contribution is -1.92. The molecule has 0 fully saturated rings. The Bertz CT molecular complexity index is 282. The van der Waals surface area contributed by atoms with Crippen molar-refractivity contribution in [1.29, 1.82) is 0 Å². The molecule has 1 atom stereocenters. The fourth-order valence-corrected chi connectivity index (χ4v) is 0.861. The van der Waals surface area contributed by atoms with Crippen LogP contribution in [0.15, 0.2) is 30.3 Å². The molecule has 0 saturated carbocycles. The Morgan fingerprint density at radius 3 is 2.50 bits per heavy atom. The standard InChI is InChI=1S/C10H10O2/c11-8-4-7-10(12)9-5-2-1-3-6-9/h1-3,5-6,10-12H,8H2/t10-/m1/s1. The van der Waals surface area contributed by atoms with Crippen LogP contribution < -0.4 is 0 Å². The molecule has 0 aliphatic carbocycles. The Morgan fingerprint density at radius 2 is 1.92 bits per heavy atom. The summed E-state index contributed by atoms with van der Waals surface area (Å²) >= 11 is 0. The molecule has 12 heavy (non-hydrogen) atoms. The summed E-state index contributed by atoms with van der Waals surface area (Å²) < 4.78 is 0. The number of hydrogen-bond donors (Lipinski definition) is 2. The lowest BCUT2D eigenvalue weighted by molar-refractivity contribution is 0.237. The van der Waals surface area contributed by atoms with Gasteiger partial charge in [-0.05, 0) is 5.56 Å². The quantitative estimate of drug-likeness (QED) is 0.597. The smallest absolute Gasteiger partial charge is 0.140 e. The van der Waals surface area contributed by atoms with Crippen molar-refractivity contribution in [1.82, 2.24) is 0 Å². The van der Waals surface area contributed by atoms with E-state index in [1.54, 1.807) is 12.1 Å². The van der Waals surface area contributed by atoms with Gasteiger partial charge in [-0.25, -0.2) is 0 Å². The predicted molar refractivity (Wildman–Crippen MR) is 46.3 cm³/mol. The molecule has 62 valence electrons. The molecule has 0 unspecified atom stereocenters. The van der Waals surface area contributed by atoms with Gasteiger partial charge in [-0.2, -0.15) is 0 Å². The van der Waals surface area contributed by atoms with Gasteiger partial charge in [-0.3, -0.25) is 0 Å². The zero-order chi connectivity index (χ0) is 8.81. The molecule has 0 amide bonds. The zero-order valence-corrected chi connectivity index (χ0v) is 6.57. The molecule has 0 radical (unpaired) electrons. The van der Waals surface area contributed by atoms with E-state index in [0.29, 0.717) is 0 Å². The largest absolute Gasteiger partial charge is 0.384 e. The van der Waals surface area contributed by atoms with Gasteiger partial charge in [-0.1, -0.05) is 42.2 Å². The Morgan fingerprint density at radius 1 is 1.25 bits per heavy atom. The second-order valence-electron chi connectivity index (χ2n) is 2.29. The highest BCUT2D eigenvalue weighted by atomic mass is 16.3. The highest BCUT2D eigenvalue weighted by Crippen LogP contribution is 2.09. The highest BCUT2D eigenvalue weighted by molar-refractivity contribution is 5.24. The molecule has 0 spiro atoms. The van der Waals surface area contributed by atoms with Crippen LogP contribution in [-0.2, 0) is 0 Å². The predicted octanol–water partition coefficient (Wildman–Crippen LogP) is 0.716. The van der Waals surface area contributed by atoms with E-state index in [0.717, 1.165) is 5.56 Å². The van der Waals surface area contributed by atoms with Crippen LogP contribution in [0.2, 0.25) is 0 Å². The van der Waals surface area contributed by atoms with Crippen molar-refractivity contribution in [3.63, 3.8) is 0 Å². The maximum absolute atomic E-state index is 9.37. The molecular weight excluding hydrogens is 152 g/mol. The fourth-order valence-electron chi connectivity index (χ4n) is 0.861. The number of rotatable bonds is 1. The van der Waals surface area contributed by atoms with Crippen LogP contribution in [0.25, 0.3) is 0 Å². The molecule has 2 nitrogen and oxygen atoms in total. The fraction of sp³-hybridized carbons (Fsp3) is 0.200. The van der Waals surface area contributed by atoms with Crippen molar-refractivity contribution in [2.45, 2.75) is 6.10 Å². The monoisotopic (exact) mass is 162 g/mol. The molecule has 1 aromatic carbocycles. The van der Waals surface area contributed by atoms with Gasteiger partial charge in [0.1, 0.15) is 12.7 Å². The van der Waals surface area contributed by atoms with E-state index in [1.807, 2.05) is 18.2 Å². The number of aliphatic hydroxyl groups is 2. The summed E-state index contributed by atoms with van der Waals surface area (Å²) in [7, 11) is 0. The summed E-state index contributed by atoms with van der Waals surface area (Å²) in [5, 5.41) is 17.7. The Balaban J connectivity index is 2.72. The highest BCUT2D eigenvalue weighted by Gasteiger charge is 1.99. The van der Waals surface area contributed by atoms with Crippen molar-refractivity contribution in [3.05, 3.63) is 35.9 Å². The maximum Gasteiger partial charge on any atom is 0.140 e. The zero-order valence-electron chi connectivity index (χ0n) is 6.57. The lowest BCUT2D eigenvalue weighted by Gasteiger charge is -2.01. The summed E-state index contributed by atoms with van der Waals surface area (Å²) in [5.74, 6) is 4.91. The normalized spacial score (nSPS) is 11.5. The van der Waals surface area contributed by atoms with E-state index in [1.165, 1.54) is 0 Å². The third-order valence-corrected chi connectivity index (χ3v) is 1.43. The average molecular weight is 162 g/mol. The van der Waals surface area contributed by atoms with Gasteiger partial charge in [0, 0.05) is 0 Å². The van der Waals surface area contributed by atoms with E-state index < -0.39 is 6.10 Å². The molecule has 0 aliphatic rings. The lowest BCUT2D eigenvalue weighted by atomic mass is 10.1. The van der Waals surface area contributed by atoms with Crippen LogP contribution in [0.5, 0.6) is 0 Å². The SMILES string of the molecule is OCC#C[C@@H](O)c1ccccc1. The van der Waals surface area contributed by atoms with Crippen molar-refractivity contribution in [2.75, 3.05) is 6.61 Å². The second kappa shape index (κ2) is 4.55. The summed E-state index contributed by atoms with van der Waals surface area (Å²) in [6.45, 7) is -0.218. The van der Waals surface area contributed by atoms with E-state index in [2.05, 4.69) is 11.8 Å². The molecule has 0 bridgehead atoms. The van der Waals surface area contributed by atoms with E-state index in [-0.39, 0.29) is 6.61 Å². The van der Waals surface area contributed by atoms with Gasteiger partial charge in [0.25, 0.3) is 0 Å². The first-order valence-corrected chi connectivity index (χ1v) is 3.67. The van der Waals surface area contributed by atoms with Gasteiger partial charge < -0.3 is 10.2 Å². The minimum atomic E-state index is -0.793. The van der Waals surface area contributed by atoms with Crippen LogP contribution in [0.3, 0.4) is 0 Å². The molecule has 1 aromatic rings. The summed E-state index contributed by atoms with van der Waals surface area (Å²) in [6, 6.07) is 9.11. The minimum absolute atomic E-state index is 0.218. The molecule has 0 saturated heterocycles. The van der Waals surface area contributed by atoms with Crippen LogP contribution in [0, 0.1) is 11.8 Å². The third kappa shape index (κ3) is 2.39. The second-order valence-corrected chi connectivity index (χ2v) is 2.29. The van der Waals surface area contributed by atoms with Gasteiger partial charge in [0.2, 0.25) is 0 Å². The molecule has 0 aliphatic heterocycles. The summed E-state index contributed by atoms with van der Waals surface area (Å²) in [5.41, 5.74) is 0.749. The number of hydrogen-bond acceptors (Lipinski definition) is 2. The first-order chi connectivity index (χ1) is 5.84. The number of aliphatic hydroxyl groups excluding tert-OH is 2. The molecular formula is C10H10O2. The molecule has 0 aromatic heterocycles. The van der Waals surface area contributed by atoms with Gasteiger partial charge in [0.15, 0.2) is 0 Å². The Hall–Kier alpha value is -1.30. The van der Waals surface area contributed by atoms with Gasteiger partial charge in [-0.15, -0.1) is 0 Å². The first kappa shape index (κ1) is 8.79. The average Bonchev–Trinajstić information content (AvgIpc) is 2.15. The molecule has 0 heterocycles. The third-order valence-electron chi connectivity index (χ3n) is 1.43. The summed E-state index contributed by atoms with van der Waals surface area (Å²) in [6.07, 6.45) is -0.793. The summed E-state index contributed by atoms with van der Waals surface area (Å²) in [4.78, 5) is 0. The van der Waals surface area contributed by atoms with Crippen molar-refractivity contribution < 1.29 is 10.2 Å². The van der Waals surface area contributed by atoms with E-state index in [9.17, 15) is 5.11 Å². The van der Waals surface area contributed by atoms with Crippen LogP contribution in [-0.4, -0.2) is 16.8 Å². The van der Waals surface area contributed by atoms with Crippen LogP contribution in [0.4, 0.5) is 0 Å². The van der Waals surface area contributed by atoms with Gasteiger partial charge >= 0.3 is 0 Å². The van der Waals surface area contributed by atoms with Crippen molar-refractivity contribution in [3.8, 4) is 11.8 Å². The molecule has 2 N–H and O–H groups in total. The van der Waals surface area contributed by atoms with Crippen LogP contribution >= 0.6 is 0 Å². The first-order valence-electron chi connectivity index (χ1n) is 3.67. The minimum Gasteiger partial charge on any atom is -0.384 e. The van der Waals surface area contributed by atoms with Crippen molar-refractivity contribution in [2.24, 2.45) is 0 Å². The molecule has 2 heteroatoms. The topological polar surface area (TPSA) is 40.5 Å². The van der Waals surface area contributed by atoms with E-state index >= 15 is 0 Å². The van der Waals surface area contributed by atoms with Crippen LogP contribution in [0.1, 0.15) is 11.7 Å². The maximum atomic E-state index is 9.37. The Kier molecular flexibility index (Phi) is 3.34. The van der Waals surface area contributed by atoms with Gasteiger partial charge in [0.05, 0.1) is 0 Å². The number of benzene rings is 1. The van der Waals surface area contributed by atoms with Crippen molar-refractivity contribution >= 4 is 0 Å².